The van der Waals surface area contributed by atoms with Gasteiger partial charge >= 0.3 is 12.1 Å². The van der Waals surface area contributed by atoms with Crippen LogP contribution in [-0.2, 0) is 19.1 Å². The molecule has 6 nitrogen and oxygen atoms in total. The molecule has 0 bridgehead atoms. The predicted octanol–water partition coefficient (Wildman–Crippen LogP) is -0.785. The highest BCUT2D eigenvalue weighted by molar-refractivity contribution is 5.85. The Labute approximate surface area is 94.7 Å². The summed E-state index contributed by atoms with van der Waals surface area (Å²) in [5, 5.41) is 10.6. The number of methoxy groups -OCH3 is 1. The Morgan fingerprint density at radius 1 is 1.41 bits per heavy atom. The van der Waals surface area contributed by atoms with E-state index >= 15 is 0 Å². The van der Waals surface area contributed by atoms with E-state index in [2.05, 4.69) is 9.47 Å². The maximum Gasteiger partial charge on any atom is 0.411 e. The van der Waals surface area contributed by atoms with Gasteiger partial charge in [0.2, 0.25) is 5.91 Å². The van der Waals surface area contributed by atoms with Crippen molar-refractivity contribution in [3.05, 3.63) is 0 Å². The molecule has 0 spiro atoms. The number of hydrogen-bond donors (Lipinski definition) is 2. The number of aliphatic hydroxyl groups excluding tert-OH is 1. The van der Waals surface area contributed by atoms with Gasteiger partial charge in [-0.1, -0.05) is 0 Å². The maximum atomic E-state index is 11.6. The highest BCUT2D eigenvalue weighted by Crippen LogP contribution is 2.13. The van der Waals surface area contributed by atoms with Gasteiger partial charge in [-0.3, -0.25) is 4.79 Å². The van der Waals surface area contributed by atoms with E-state index in [0.717, 1.165) is 7.11 Å². The predicted molar refractivity (Wildman–Crippen MR) is 47.9 cm³/mol. The molecule has 0 heterocycles. The van der Waals surface area contributed by atoms with Crippen LogP contribution in [-0.4, -0.2) is 56.1 Å². The smallest absolute Gasteiger partial charge is 0.411 e. The standard InChI is InChI=1S/C8H12F3NO5/c1-16-7(15)5(2-13)12-6(14)3-17-4-8(9,10)11/h5,13H,2-4H2,1H3,(H,12,14). The highest BCUT2D eigenvalue weighted by atomic mass is 19.4. The summed E-state index contributed by atoms with van der Waals surface area (Å²) in [5.74, 6) is -1.87. The van der Waals surface area contributed by atoms with Crippen molar-refractivity contribution < 1.29 is 37.3 Å². The van der Waals surface area contributed by atoms with Gasteiger partial charge in [-0.25, -0.2) is 4.79 Å². The van der Waals surface area contributed by atoms with Gasteiger partial charge in [0.15, 0.2) is 6.04 Å². The fraction of sp³-hybridized carbons (Fsp3) is 0.750. The second kappa shape index (κ2) is 7.07. The lowest BCUT2D eigenvalue weighted by Gasteiger charge is -2.14. The van der Waals surface area contributed by atoms with Crippen LogP contribution in [0, 0.1) is 0 Å². The second-order valence-corrected chi connectivity index (χ2v) is 2.93. The summed E-state index contributed by atoms with van der Waals surface area (Å²) in [5.41, 5.74) is 0. The van der Waals surface area contributed by atoms with Crippen LogP contribution < -0.4 is 5.32 Å². The van der Waals surface area contributed by atoms with E-state index in [0.29, 0.717) is 0 Å². The zero-order chi connectivity index (χ0) is 13.5. The van der Waals surface area contributed by atoms with E-state index in [9.17, 15) is 22.8 Å². The van der Waals surface area contributed by atoms with Crippen molar-refractivity contribution in [3.63, 3.8) is 0 Å². The molecule has 17 heavy (non-hydrogen) atoms. The minimum absolute atomic E-state index is 0.725. The molecular formula is C8H12F3NO5. The normalized spacial score (nSPS) is 13.0. The molecule has 0 aromatic carbocycles. The lowest BCUT2D eigenvalue weighted by atomic mass is 10.3. The molecule has 0 saturated carbocycles. The summed E-state index contributed by atoms with van der Waals surface area (Å²) in [7, 11) is 1.04. The molecule has 1 atom stereocenters. The van der Waals surface area contributed by atoms with E-state index in [4.69, 9.17) is 5.11 Å². The molecule has 1 amide bonds. The van der Waals surface area contributed by atoms with Gasteiger partial charge in [0.1, 0.15) is 13.2 Å². The van der Waals surface area contributed by atoms with Gasteiger partial charge in [-0.05, 0) is 0 Å². The lowest BCUT2D eigenvalue weighted by Crippen LogP contribution is -2.45. The minimum Gasteiger partial charge on any atom is -0.467 e. The first kappa shape index (κ1) is 15.7. The Bertz CT molecular complexity index is 268. The monoisotopic (exact) mass is 259 g/mol. The van der Waals surface area contributed by atoms with Crippen LogP contribution in [0.25, 0.3) is 0 Å². The summed E-state index contributed by atoms with van der Waals surface area (Å²) in [6, 6.07) is -1.32. The average Bonchev–Trinajstić information content (AvgIpc) is 2.23. The van der Waals surface area contributed by atoms with Crippen LogP contribution in [0.2, 0.25) is 0 Å². The molecule has 9 heteroatoms. The molecule has 0 rings (SSSR count). The number of esters is 1. The molecule has 0 aliphatic rings. The van der Waals surface area contributed by atoms with Crippen LogP contribution in [0.15, 0.2) is 0 Å². The summed E-state index contributed by atoms with van der Waals surface area (Å²) in [4.78, 5) is 21.9. The van der Waals surface area contributed by atoms with E-state index in [1.165, 1.54) is 0 Å². The molecule has 0 aromatic heterocycles. The maximum absolute atomic E-state index is 11.6. The van der Waals surface area contributed by atoms with Crippen molar-refractivity contribution in [2.75, 3.05) is 26.9 Å². The average molecular weight is 259 g/mol. The van der Waals surface area contributed by atoms with Gasteiger partial charge in [0, 0.05) is 0 Å². The van der Waals surface area contributed by atoms with Crippen molar-refractivity contribution in [1.29, 1.82) is 0 Å². The first-order valence-corrected chi connectivity index (χ1v) is 4.42. The second-order valence-electron chi connectivity index (χ2n) is 2.93. The third kappa shape index (κ3) is 7.53. The lowest BCUT2D eigenvalue weighted by molar-refractivity contribution is -0.176. The Morgan fingerprint density at radius 2 is 2.00 bits per heavy atom. The number of alkyl halides is 3. The number of nitrogens with one attached hydrogen (secondary N) is 1. The number of carbonyl (C=O) groups is 2. The molecule has 0 aliphatic heterocycles. The first-order valence-electron chi connectivity index (χ1n) is 4.42. The van der Waals surface area contributed by atoms with Crippen molar-refractivity contribution >= 4 is 11.9 Å². The Morgan fingerprint density at radius 3 is 2.41 bits per heavy atom. The highest BCUT2D eigenvalue weighted by Gasteiger charge is 2.28. The van der Waals surface area contributed by atoms with Gasteiger partial charge in [-0.2, -0.15) is 13.2 Å². The van der Waals surface area contributed by atoms with E-state index < -0.39 is 43.9 Å². The fourth-order valence-electron chi connectivity index (χ4n) is 0.817. The molecule has 100 valence electrons. The topological polar surface area (TPSA) is 84.9 Å². The molecule has 0 radical (unpaired) electrons. The van der Waals surface area contributed by atoms with E-state index in [1.54, 1.807) is 0 Å². The van der Waals surface area contributed by atoms with Crippen LogP contribution >= 0.6 is 0 Å². The Hall–Kier alpha value is -1.35. The number of ether oxygens (including phenoxy) is 2. The molecular weight excluding hydrogens is 247 g/mol. The number of halogens is 3. The molecule has 1 unspecified atom stereocenters. The number of amides is 1. The van der Waals surface area contributed by atoms with Crippen LogP contribution in [0.5, 0.6) is 0 Å². The van der Waals surface area contributed by atoms with Crippen molar-refractivity contribution in [1.82, 2.24) is 5.32 Å². The first-order chi connectivity index (χ1) is 7.80. The number of carbonyl (C=O) groups excluding carboxylic acids is 2. The van der Waals surface area contributed by atoms with Crippen LogP contribution in [0.4, 0.5) is 13.2 Å². The summed E-state index contributed by atoms with van der Waals surface area (Å²) >= 11 is 0. The third-order valence-corrected chi connectivity index (χ3v) is 1.50. The van der Waals surface area contributed by atoms with Gasteiger partial charge in [0.05, 0.1) is 13.7 Å². The summed E-state index contributed by atoms with van der Waals surface area (Å²) in [6.07, 6.45) is -4.53. The zero-order valence-electron chi connectivity index (χ0n) is 8.91. The van der Waals surface area contributed by atoms with Gasteiger partial charge in [0.25, 0.3) is 0 Å². The van der Waals surface area contributed by atoms with Crippen LogP contribution in [0.3, 0.4) is 0 Å². The van der Waals surface area contributed by atoms with Gasteiger partial charge in [-0.15, -0.1) is 0 Å². The van der Waals surface area contributed by atoms with Crippen molar-refractivity contribution in [2.24, 2.45) is 0 Å². The van der Waals surface area contributed by atoms with Gasteiger partial charge < -0.3 is 19.9 Å². The van der Waals surface area contributed by atoms with Crippen LogP contribution in [0.1, 0.15) is 0 Å². The Kier molecular flexibility index (Phi) is 6.51. The summed E-state index contributed by atoms with van der Waals surface area (Å²) < 4.78 is 43.2. The summed E-state index contributed by atoms with van der Waals surface area (Å²) in [6.45, 7) is -3.16. The quantitative estimate of drug-likeness (QED) is 0.611. The van der Waals surface area contributed by atoms with Crippen molar-refractivity contribution in [3.8, 4) is 0 Å². The third-order valence-electron chi connectivity index (χ3n) is 1.50. The Balaban J connectivity index is 3.96. The molecule has 0 aromatic rings. The fourth-order valence-corrected chi connectivity index (χ4v) is 0.817. The zero-order valence-corrected chi connectivity index (χ0v) is 8.91. The minimum atomic E-state index is -4.53. The number of hydrogen-bond acceptors (Lipinski definition) is 5. The largest absolute Gasteiger partial charge is 0.467 e. The number of rotatable bonds is 6. The SMILES string of the molecule is COC(=O)C(CO)NC(=O)COCC(F)(F)F. The molecule has 0 saturated heterocycles. The molecule has 0 fully saturated rings. The number of aliphatic hydroxyl groups is 1. The molecule has 0 aliphatic carbocycles. The molecule has 2 N–H and O–H groups in total. The van der Waals surface area contributed by atoms with E-state index in [1.807, 2.05) is 5.32 Å². The van der Waals surface area contributed by atoms with Crippen molar-refractivity contribution in [2.45, 2.75) is 12.2 Å². The van der Waals surface area contributed by atoms with E-state index in [-0.39, 0.29) is 0 Å².